The number of carbonyl (C=O) groups is 2. The fourth-order valence-corrected chi connectivity index (χ4v) is 2.71. The van der Waals surface area contributed by atoms with Crippen molar-refractivity contribution in [3.63, 3.8) is 0 Å². The molecule has 140 valence electrons. The van der Waals surface area contributed by atoms with Crippen LogP contribution in [0.15, 0.2) is 30.5 Å². The van der Waals surface area contributed by atoms with E-state index in [1.807, 2.05) is 39.0 Å². The quantitative estimate of drug-likeness (QED) is 0.756. The van der Waals surface area contributed by atoms with Crippen LogP contribution >= 0.6 is 0 Å². The largest absolute Gasteiger partial charge is 0.494 e. The number of carboxylic acids is 1. The van der Waals surface area contributed by atoms with Gasteiger partial charge in [-0.3, -0.25) is 9.59 Å². The van der Waals surface area contributed by atoms with Gasteiger partial charge in [-0.1, -0.05) is 19.9 Å². The summed E-state index contributed by atoms with van der Waals surface area (Å²) in [5.74, 6) is -1.04. The summed E-state index contributed by atoms with van der Waals surface area (Å²) in [5.41, 5.74) is 2.00. The third-order valence-electron chi connectivity index (χ3n) is 4.02. The molecule has 0 aliphatic heterocycles. The molecule has 0 aliphatic carbocycles. The Morgan fingerprint density at radius 3 is 2.65 bits per heavy atom. The Labute approximate surface area is 153 Å². The Morgan fingerprint density at radius 1 is 1.31 bits per heavy atom. The normalized spacial score (nSPS) is 12.0. The van der Waals surface area contributed by atoms with Gasteiger partial charge in [0.1, 0.15) is 11.4 Å². The highest BCUT2D eigenvalue weighted by atomic mass is 16.5. The summed E-state index contributed by atoms with van der Waals surface area (Å²) in [6, 6.07) is 7.28. The van der Waals surface area contributed by atoms with Crippen LogP contribution in [0.25, 0.3) is 5.69 Å². The van der Waals surface area contributed by atoms with Crippen LogP contribution in [-0.4, -0.2) is 40.4 Å². The second-order valence-corrected chi connectivity index (χ2v) is 6.70. The molecule has 1 amide bonds. The molecule has 2 rings (SSSR count). The second kappa shape index (κ2) is 8.51. The maximum Gasteiger partial charge on any atom is 0.308 e. The summed E-state index contributed by atoms with van der Waals surface area (Å²) >= 11 is 0. The van der Waals surface area contributed by atoms with Gasteiger partial charge in [0.15, 0.2) is 5.69 Å². The number of aliphatic carboxylic acids is 1. The average molecular weight is 359 g/mol. The number of amides is 1. The zero-order valence-electron chi connectivity index (χ0n) is 15.5. The van der Waals surface area contributed by atoms with Gasteiger partial charge in [-0.25, -0.2) is 4.68 Å². The molecule has 1 unspecified atom stereocenters. The lowest BCUT2D eigenvalue weighted by molar-refractivity contribution is -0.142. The third-order valence-corrected chi connectivity index (χ3v) is 4.02. The standard InChI is InChI=1S/C19H25N3O4/c1-12(2)9-14(19(24)25)11-20-18(23)15-7-8-22(21-15)16-10-13(3)5-6-17(16)26-4/h5-8,10,12,14H,9,11H2,1-4H3,(H,20,23)(H,24,25). The van der Waals surface area contributed by atoms with Gasteiger partial charge in [0.05, 0.1) is 13.0 Å². The number of aryl methyl sites for hydroxylation is 1. The number of carboxylic acid groups (broad SMARTS) is 1. The van der Waals surface area contributed by atoms with E-state index in [9.17, 15) is 14.7 Å². The third kappa shape index (κ3) is 4.84. The predicted molar refractivity (Wildman–Crippen MR) is 97.8 cm³/mol. The molecule has 0 saturated carbocycles. The minimum atomic E-state index is -0.908. The maximum absolute atomic E-state index is 12.3. The second-order valence-electron chi connectivity index (χ2n) is 6.70. The number of methoxy groups -OCH3 is 1. The Hall–Kier alpha value is -2.83. The van der Waals surface area contributed by atoms with Crippen molar-refractivity contribution in [1.82, 2.24) is 15.1 Å². The lowest BCUT2D eigenvalue weighted by atomic mass is 9.97. The van der Waals surface area contributed by atoms with E-state index in [-0.39, 0.29) is 18.2 Å². The van der Waals surface area contributed by atoms with Crippen LogP contribution < -0.4 is 10.1 Å². The van der Waals surface area contributed by atoms with Gasteiger partial charge in [-0.2, -0.15) is 5.10 Å². The van der Waals surface area contributed by atoms with Crippen molar-refractivity contribution in [1.29, 1.82) is 0 Å². The SMILES string of the molecule is COc1ccc(C)cc1-n1ccc(C(=O)NCC(CC(C)C)C(=O)O)n1. The van der Waals surface area contributed by atoms with Crippen LogP contribution in [0.4, 0.5) is 0 Å². The molecule has 1 aromatic heterocycles. The van der Waals surface area contributed by atoms with E-state index in [1.54, 1.807) is 24.1 Å². The molecular formula is C19H25N3O4. The highest BCUT2D eigenvalue weighted by molar-refractivity contribution is 5.92. The number of rotatable bonds is 8. The maximum atomic E-state index is 12.3. The van der Waals surface area contributed by atoms with Crippen molar-refractivity contribution < 1.29 is 19.4 Å². The summed E-state index contributed by atoms with van der Waals surface area (Å²) in [6.07, 6.45) is 2.18. The van der Waals surface area contributed by atoms with E-state index in [0.717, 1.165) is 11.3 Å². The number of hydrogen-bond acceptors (Lipinski definition) is 4. The Bertz CT molecular complexity index is 783. The van der Waals surface area contributed by atoms with Crippen LogP contribution in [0.5, 0.6) is 5.75 Å². The first kappa shape index (κ1) is 19.5. The van der Waals surface area contributed by atoms with E-state index in [1.165, 1.54) is 0 Å². The van der Waals surface area contributed by atoms with Crippen molar-refractivity contribution >= 4 is 11.9 Å². The number of ether oxygens (including phenoxy) is 1. The molecule has 7 heteroatoms. The number of nitrogens with zero attached hydrogens (tertiary/aromatic N) is 2. The van der Waals surface area contributed by atoms with Gasteiger partial charge >= 0.3 is 5.97 Å². The number of aromatic nitrogens is 2. The van der Waals surface area contributed by atoms with Crippen LogP contribution in [0.1, 0.15) is 36.3 Å². The first-order chi connectivity index (χ1) is 12.3. The molecule has 1 heterocycles. The molecule has 0 radical (unpaired) electrons. The van der Waals surface area contributed by atoms with Gasteiger partial charge < -0.3 is 15.2 Å². The minimum Gasteiger partial charge on any atom is -0.494 e. The fraction of sp³-hybridized carbons (Fsp3) is 0.421. The number of hydrogen-bond donors (Lipinski definition) is 2. The van der Waals surface area contributed by atoms with Gasteiger partial charge in [-0.05, 0) is 43.0 Å². The van der Waals surface area contributed by atoms with E-state index in [4.69, 9.17) is 4.74 Å². The average Bonchev–Trinajstić information content (AvgIpc) is 3.07. The predicted octanol–water partition coefficient (Wildman–Crippen LogP) is 2.67. The highest BCUT2D eigenvalue weighted by Gasteiger charge is 2.21. The lowest BCUT2D eigenvalue weighted by Gasteiger charge is -2.14. The van der Waals surface area contributed by atoms with Crippen LogP contribution in [0, 0.1) is 18.8 Å². The topological polar surface area (TPSA) is 93.5 Å². The Balaban J connectivity index is 2.11. The van der Waals surface area contributed by atoms with Crippen molar-refractivity contribution in [2.24, 2.45) is 11.8 Å². The first-order valence-corrected chi connectivity index (χ1v) is 8.53. The molecule has 0 aliphatic rings. The van der Waals surface area contributed by atoms with Crippen LogP contribution in [-0.2, 0) is 4.79 Å². The van der Waals surface area contributed by atoms with E-state index < -0.39 is 17.8 Å². The smallest absolute Gasteiger partial charge is 0.308 e. The minimum absolute atomic E-state index is 0.0764. The summed E-state index contributed by atoms with van der Waals surface area (Å²) in [7, 11) is 1.58. The van der Waals surface area contributed by atoms with E-state index in [2.05, 4.69) is 10.4 Å². The van der Waals surface area contributed by atoms with Crippen LogP contribution in [0.2, 0.25) is 0 Å². The summed E-state index contributed by atoms with van der Waals surface area (Å²) in [4.78, 5) is 23.6. The molecule has 1 atom stereocenters. The van der Waals surface area contributed by atoms with Gasteiger partial charge in [0.2, 0.25) is 0 Å². The molecule has 7 nitrogen and oxygen atoms in total. The van der Waals surface area contributed by atoms with Crippen molar-refractivity contribution in [2.45, 2.75) is 27.2 Å². The fourth-order valence-electron chi connectivity index (χ4n) is 2.71. The molecule has 1 aromatic carbocycles. The summed E-state index contributed by atoms with van der Waals surface area (Å²) in [6.45, 7) is 5.94. The van der Waals surface area contributed by atoms with Gasteiger partial charge in [0, 0.05) is 12.7 Å². The molecule has 0 saturated heterocycles. The number of benzene rings is 1. The molecule has 0 bridgehead atoms. The summed E-state index contributed by atoms with van der Waals surface area (Å²) in [5, 5.41) is 16.2. The zero-order chi connectivity index (χ0) is 19.3. The van der Waals surface area contributed by atoms with Crippen molar-refractivity contribution in [3.8, 4) is 11.4 Å². The zero-order valence-corrected chi connectivity index (χ0v) is 15.5. The molecule has 0 spiro atoms. The Kier molecular flexibility index (Phi) is 6.38. The molecular weight excluding hydrogens is 334 g/mol. The highest BCUT2D eigenvalue weighted by Crippen LogP contribution is 2.23. The first-order valence-electron chi connectivity index (χ1n) is 8.53. The van der Waals surface area contributed by atoms with Crippen molar-refractivity contribution in [3.05, 3.63) is 41.7 Å². The number of carbonyl (C=O) groups excluding carboxylic acids is 1. The molecule has 0 fully saturated rings. The monoisotopic (exact) mass is 359 g/mol. The summed E-state index contributed by atoms with van der Waals surface area (Å²) < 4.78 is 6.91. The van der Waals surface area contributed by atoms with Gasteiger partial charge in [0.25, 0.3) is 5.91 Å². The van der Waals surface area contributed by atoms with Crippen LogP contribution in [0.3, 0.4) is 0 Å². The van der Waals surface area contributed by atoms with E-state index >= 15 is 0 Å². The Morgan fingerprint density at radius 2 is 2.04 bits per heavy atom. The number of nitrogens with one attached hydrogen (secondary N) is 1. The van der Waals surface area contributed by atoms with Gasteiger partial charge in [-0.15, -0.1) is 0 Å². The molecule has 2 aromatic rings. The lowest BCUT2D eigenvalue weighted by Crippen LogP contribution is -2.34. The molecule has 26 heavy (non-hydrogen) atoms. The molecule has 2 N–H and O–H groups in total. The van der Waals surface area contributed by atoms with Crippen molar-refractivity contribution in [2.75, 3.05) is 13.7 Å². The van der Waals surface area contributed by atoms with E-state index in [0.29, 0.717) is 12.2 Å².